The van der Waals surface area contributed by atoms with Crippen molar-refractivity contribution >= 4 is 5.97 Å². The lowest BCUT2D eigenvalue weighted by molar-refractivity contribution is -0.143. The van der Waals surface area contributed by atoms with Crippen LogP contribution in [0.2, 0.25) is 0 Å². The molecule has 98 valence electrons. The summed E-state index contributed by atoms with van der Waals surface area (Å²) in [6.07, 6.45) is 3.33. The van der Waals surface area contributed by atoms with E-state index >= 15 is 0 Å². The van der Waals surface area contributed by atoms with Gasteiger partial charge in [-0.15, -0.1) is 0 Å². The van der Waals surface area contributed by atoms with Crippen LogP contribution < -0.4 is 0 Å². The molecule has 3 heteroatoms. The summed E-state index contributed by atoms with van der Waals surface area (Å²) in [5, 5.41) is 0. The van der Waals surface area contributed by atoms with Crippen LogP contribution in [-0.4, -0.2) is 13.1 Å². The number of methoxy groups -OCH3 is 1. The number of carbonyl (C=O) groups excluding carboxylic acids is 1. The molecule has 0 spiro atoms. The van der Waals surface area contributed by atoms with Crippen LogP contribution in [0.25, 0.3) is 0 Å². The van der Waals surface area contributed by atoms with Gasteiger partial charge in [0.05, 0.1) is 13.4 Å². The molecule has 0 radical (unpaired) electrons. The summed E-state index contributed by atoms with van der Waals surface area (Å²) >= 11 is 0. The highest BCUT2D eigenvalue weighted by Gasteiger charge is 2.35. The van der Waals surface area contributed by atoms with Gasteiger partial charge < -0.3 is 9.15 Å². The first kappa shape index (κ1) is 12.0. The Morgan fingerprint density at radius 3 is 2.79 bits per heavy atom. The van der Waals surface area contributed by atoms with Crippen LogP contribution in [-0.2, 0) is 16.0 Å². The largest absolute Gasteiger partial charge is 0.468 e. The number of benzene rings is 1. The Bertz CT molecular complexity index is 571. The zero-order valence-electron chi connectivity index (χ0n) is 10.8. The van der Waals surface area contributed by atoms with Crippen LogP contribution >= 0.6 is 0 Å². The van der Waals surface area contributed by atoms with E-state index in [-0.39, 0.29) is 11.9 Å². The zero-order valence-corrected chi connectivity index (χ0v) is 10.8. The molecule has 1 aromatic heterocycles. The summed E-state index contributed by atoms with van der Waals surface area (Å²) in [7, 11) is 1.43. The third-order valence-electron chi connectivity index (χ3n) is 3.84. The van der Waals surface area contributed by atoms with Crippen LogP contribution in [0.1, 0.15) is 35.1 Å². The van der Waals surface area contributed by atoms with Crippen LogP contribution in [0.3, 0.4) is 0 Å². The Labute approximate surface area is 112 Å². The molecule has 3 rings (SSSR count). The Balaban J connectivity index is 1.94. The van der Waals surface area contributed by atoms with Crippen LogP contribution in [0.4, 0.5) is 0 Å². The number of hydrogen-bond donors (Lipinski definition) is 0. The quantitative estimate of drug-likeness (QED) is 0.774. The van der Waals surface area contributed by atoms with Gasteiger partial charge in [0.1, 0.15) is 11.7 Å². The van der Waals surface area contributed by atoms with Gasteiger partial charge in [-0.05, 0) is 36.0 Å². The molecule has 1 aromatic carbocycles. The van der Waals surface area contributed by atoms with E-state index in [1.165, 1.54) is 12.7 Å². The monoisotopic (exact) mass is 256 g/mol. The maximum Gasteiger partial charge on any atom is 0.316 e. The second kappa shape index (κ2) is 4.92. The Morgan fingerprint density at radius 2 is 2.05 bits per heavy atom. The molecule has 1 aliphatic rings. The molecule has 0 bridgehead atoms. The predicted molar refractivity (Wildman–Crippen MR) is 71.0 cm³/mol. The standard InChI is InChI=1S/C16H16O3/c1-18-16(17)14-10-13(11-5-3-2-4-6-11)9-12-7-8-19-15(12)14/h2-8,13-14H,9-10H2,1H3. The fourth-order valence-corrected chi connectivity index (χ4v) is 2.89. The van der Waals surface area contributed by atoms with E-state index in [9.17, 15) is 4.79 Å². The van der Waals surface area contributed by atoms with E-state index < -0.39 is 0 Å². The van der Waals surface area contributed by atoms with E-state index in [0.717, 1.165) is 24.2 Å². The van der Waals surface area contributed by atoms with Crippen molar-refractivity contribution in [3.8, 4) is 0 Å². The average molecular weight is 256 g/mol. The lowest BCUT2D eigenvalue weighted by Gasteiger charge is -2.27. The summed E-state index contributed by atoms with van der Waals surface area (Å²) in [5.74, 6) is 0.625. The Hall–Kier alpha value is -2.03. The average Bonchev–Trinajstić information content (AvgIpc) is 2.94. The molecular formula is C16H16O3. The molecule has 2 atom stereocenters. The third kappa shape index (κ3) is 2.16. The number of carbonyl (C=O) groups is 1. The second-order valence-electron chi connectivity index (χ2n) is 4.93. The fourth-order valence-electron chi connectivity index (χ4n) is 2.89. The predicted octanol–water partition coefficient (Wildman–Crippen LogP) is 3.27. The molecule has 0 saturated heterocycles. The summed E-state index contributed by atoms with van der Waals surface area (Å²) in [5.41, 5.74) is 2.39. The first-order valence-electron chi connectivity index (χ1n) is 6.48. The van der Waals surface area contributed by atoms with Crippen molar-refractivity contribution in [1.29, 1.82) is 0 Å². The number of hydrogen-bond acceptors (Lipinski definition) is 3. The van der Waals surface area contributed by atoms with Gasteiger partial charge in [-0.25, -0.2) is 0 Å². The first-order chi connectivity index (χ1) is 9.29. The van der Waals surface area contributed by atoms with E-state index in [1.807, 2.05) is 24.3 Å². The van der Waals surface area contributed by atoms with Crippen LogP contribution in [0.5, 0.6) is 0 Å². The highest BCUT2D eigenvalue weighted by Crippen LogP contribution is 2.40. The lowest BCUT2D eigenvalue weighted by atomic mass is 9.77. The number of rotatable bonds is 2. The minimum atomic E-state index is -0.283. The minimum absolute atomic E-state index is 0.211. The number of ether oxygens (including phenoxy) is 1. The Morgan fingerprint density at radius 1 is 1.26 bits per heavy atom. The number of furan rings is 1. The highest BCUT2D eigenvalue weighted by molar-refractivity contribution is 5.78. The van der Waals surface area contributed by atoms with Crippen molar-refractivity contribution in [3.63, 3.8) is 0 Å². The molecule has 2 aromatic rings. The van der Waals surface area contributed by atoms with Gasteiger partial charge in [0, 0.05) is 0 Å². The van der Waals surface area contributed by atoms with Gasteiger partial charge >= 0.3 is 5.97 Å². The third-order valence-corrected chi connectivity index (χ3v) is 3.84. The van der Waals surface area contributed by atoms with E-state index in [1.54, 1.807) is 6.26 Å². The fraction of sp³-hybridized carbons (Fsp3) is 0.312. The van der Waals surface area contributed by atoms with Crippen LogP contribution in [0, 0.1) is 0 Å². The maximum absolute atomic E-state index is 11.9. The molecule has 0 fully saturated rings. The smallest absolute Gasteiger partial charge is 0.316 e. The summed E-state index contributed by atoms with van der Waals surface area (Å²) in [6.45, 7) is 0. The van der Waals surface area contributed by atoms with Crippen molar-refractivity contribution in [2.24, 2.45) is 0 Å². The van der Waals surface area contributed by atoms with Gasteiger partial charge in [0.15, 0.2) is 0 Å². The molecule has 3 nitrogen and oxygen atoms in total. The maximum atomic E-state index is 11.9. The highest BCUT2D eigenvalue weighted by atomic mass is 16.5. The van der Waals surface area contributed by atoms with Crippen molar-refractivity contribution in [2.45, 2.75) is 24.7 Å². The van der Waals surface area contributed by atoms with Crippen LogP contribution in [0.15, 0.2) is 47.1 Å². The number of fused-ring (bicyclic) bond motifs is 1. The first-order valence-corrected chi connectivity index (χ1v) is 6.48. The normalized spacial score (nSPS) is 21.7. The summed E-state index contributed by atoms with van der Waals surface area (Å²) in [4.78, 5) is 11.9. The van der Waals surface area contributed by atoms with Crippen molar-refractivity contribution in [3.05, 3.63) is 59.5 Å². The molecule has 0 N–H and O–H groups in total. The van der Waals surface area contributed by atoms with Gasteiger partial charge in [-0.2, -0.15) is 0 Å². The van der Waals surface area contributed by atoms with E-state index in [4.69, 9.17) is 9.15 Å². The zero-order chi connectivity index (χ0) is 13.2. The molecule has 0 amide bonds. The lowest BCUT2D eigenvalue weighted by Crippen LogP contribution is -2.23. The molecule has 1 aliphatic carbocycles. The van der Waals surface area contributed by atoms with Crippen molar-refractivity contribution in [1.82, 2.24) is 0 Å². The Kier molecular flexibility index (Phi) is 3.11. The molecular weight excluding hydrogens is 240 g/mol. The molecule has 0 aliphatic heterocycles. The number of esters is 1. The molecule has 0 saturated carbocycles. The molecule has 19 heavy (non-hydrogen) atoms. The second-order valence-corrected chi connectivity index (χ2v) is 4.93. The van der Waals surface area contributed by atoms with Crippen molar-refractivity contribution < 1.29 is 13.9 Å². The van der Waals surface area contributed by atoms with Crippen molar-refractivity contribution in [2.75, 3.05) is 7.11 Å². The summed E-state index contributed by atoms with van der Waals surface area (Å²) < 4.78 is 10.4. The van der Waals surface area contributed by atoms with Gasteiger partial charge in [0.25, 0.3) is 0 Å². The van der Waals surface area contributed by atoms with Gasteiger partial charge in [0.2, 0.25) is 0 Å². The SMILES string of the molecule is COC(=O)C1CC(c2ccccc2)Cc2ccoc21. The molecule has 2 unspecified atom stereocenters. The van der Waals surface area contributed by atoms with Gasteiger partial charge in [-0.3, -0.25) is 4.79 Å². The molecule has 1 heterocycles. The van der Waals surface area contributed by atoms with Gasteiger partial charge in [-0.1, -0.05) is 30.3 Å². The topological polar surface area (TPSA) is 39.4 Å². The minimum Gasteiger partial charge on any atom is -0.468 e. The summed E-state index contributed by atoms with van der Waals surface area (Å²) in [6, 6.07) is 12.3. The van der Waals surface area contributed by atoms with E-state index in [0.29, 0.717) is 5.92 Å². The van der Waals surface area contributed by atoms with E-state index in [2.05, 4.69) is 12.1 Å².